The molecule has 0 spiro atoms. The van der Waals surface area contributed by atoms with E-state index in [9.17, 15) is 9.59 Å². The van der Waals surface area contributed by atoms with Gasteiger partial charge in [-0.05, 0) is 24.6 Å². The molecule has 0 aliphatic rings. The van der Waals surface area contributed by atoms with Crippen molar-refractivity contribution in [2.45, 2.75) is 6.92 Å². The van der Waals surface area contributed by atoms with Crippen molar-refractivity contribution < 1.29 is 9.59 Å². The summed E-state index contributed by atoms with van der Waals surface area (Å²) in [7, 11) is 0. The van der Waals surface area contributed by atoms with Gasteiger partial charge in [-0.2, -0.15) is 0 Å². The molecule has 0 saturated heterocycles. The van der Waals surface area contributed by atoms with Gasteiger partial charge >= 0.3 is 0 Å². The van der Waals surface area contributed by atoms with Crippen molar-refractivity contribution in [2.75, 3.05) is 11.1 Å². The van der Waals surface area contributed by atoms with E-state index in [1.807, 2.05) is 18.2 Å². The molecule has 0 unspecified atom stereocenters. The molecule has 5 N–H and O–H groups in total. The maximum atomic E-state index is 12.1. The zero-order chi connectivity index (χ0) is 14.0. The van der Waals surface area contributed by atoms with Crippen LogP contribution in [-0.4, -0.2) is 11.8 Å². The second kappa shape index (κ2) is 5.11. The van der Waals surface area contributed by atoms with Crippen LogP contribution in [0.1, 0.15) is 25.6 Å². The van der Waals surface area contributed by atoms with Crippen LogP contribution >= 0.6 is 11.3 Å². The summed E-state index contributed by atoms with van der Waals surface area (Å²) in [5.74, 6) is -0.919. The van der Waals surface area contributed by atoms with Crippen LogP contribution in [0.2, 0.25) is 0 Å². The average Bonchev–Trinajstić information content (AvgIpc) is 2.66. The lowest BCUT2D eigenvalue weighted by molar-refractivity contribution is 0.100. The van der Waals surface area contributed by atoms with Crippen molar-refractivity contribution in [3.63, 3.8) is 0 Å². The second-order valence-electron chi connectivity index (χ2n) is 3.98. The third-order valence-electron chi connectivity index (χ3n) is 2.66. The minimum Gasteiger partial charge on any atom is -0.390 e. The molecule has 1 aromatic heterocycles. The van der Waals surface area contributed by atoms with Gasteiger partial charge < -0.3 is 16.8 Å². The van der Waals surface area contributed by atoms with Crippen molar-refractivity contribution in [1.82, 2.24) is 0 Å². The number of nitrogens with two attached hydrogens (primary N) is 2. The summed E-state index contributed by atoms with van der Waals surface area (Å²) in [4.78, 5) is 23.8. The average molecular weight is 275 g/mol. The van der Waals surface area contributed by atoms with Gasteiger partial charge in [0.15, 0.2) is 0 Å². The summed E-state index contributed by atoms with van der Waals surface area (Å²) in [6, 6.07) is 9.05. The quantitative estimate of drug-likeness (QED) is 0.798. The highest BCUT2D eigenvalue weighted by Crippen LogP contribution is 2.30. The molecule has 0 atom stereocenters. The van der Waals surface area contributed by atoms with Crippen LogP contribution in [0.5, 0.6) is 0 Å². The second-order valence-corrected chi connectivity index (χ2v) is 5.03. The molecule has 98 valence electrons. The molecule has 0 fully saturated rings. The first-order valence-corrected chi connectivity index (χ1v) is 6.37. The zero-order valence-corrected chi connectivity index (χ0v) is 11.1. The van der Waals surface area contributed by atoms with E-state index in [4.69, 9.17) is 11.5 Å². The van der Waals surface area contributed by atoms with E-state index in [1.54, 1.807) is 19.1 Å². The Labute approximate surface area is 114 Å². The Kier molecular flexibility index (Phi) is 3.52. The van der Waals surface area contributed by atoms with Crippen molar-refractivity contribution in [3.8, 4) is 0 Å². The smallest absolute Gasteiger partial charge is 0.266 e. The van der Waals surface area contributed by atoms with Gasteiger partial charge in [0.05, 0.1) is 15.4 Å². The Morgan fingerprint density at radius 1 is 1.21 bits per heavy atom. The molecule has 0 saturated carbocycles. The Morgan fingerprint density at radius 2 is 1.84 bits per heavy atom. The number of carbonyl (C=O) groups is 2. The summed E-state index contributed by atoms with van der Waals surface area (Å²) < 4.78 is 0. The monoisotopic (exact) mass is 275 g/mol. The number of thiophene rings is 1. The summed E-state index contributed by atoms with van der Waals surface area (Å²) in [6.07, 6.45) is 0. The lowest BCUT2D eigenvalue weighted by atomic mass is 10.1. The van der Waals surface area contributed by atoms with E-state index < -0.39 is 5.91 Å². The van der Waals surface area contributed by atoms with E-state index in [1.165, 1.54) is 0 Å². The maximum Gasteiger partial charge on any atom is 0.266 e. The number of primary amides is 1. The van der Waals surface area contributed by atoms with Gasteiger partial charge in [-0.1, -0.05) is 18.2 Å². The van der Waals surface area contributed by atoms with E-state index >= 15 is 0 Å². The van der Waals surface area contributed by atoms with Crippen molar-refractivity contribution in [2.24, 2.45) is 5.73 Å². The standard InChI is InChI=1S/C13H13N3O2S/c1-7-9(11(14)17)12(15)19-10(7)13(18)16-8-5-3-2-4-6-8/h2-6H,15H2,1H3,(H2,14,17)(H,16,18). The number of carbonyl (C=O) groups excluding carboxylic acids is 2. The number of nitrogen functional groups attached to an aromatic ring is 1. The molecule has 2 amide bonds. The lowest BCUT2D eigenvalue weighted by Gasteiger charge is -2.04. The maximum absolute atomic E-state index is 12.1. The molecule has 2 aromatic rings. The van der Waals surface area contributed by atoms with Gasteiger partial charge in [0, 0.05) is 5.69 Å². The predicted molar refractivity (Wildman–Crippen MR) is 76.4 cm³/mol. The number of rotatable bonds is 3. The highest BCUT2D eigenvalue weighted by atomic mass is 32.1. The topological polar surface area (TPSA) is 98.2 Å². The first-order chi connectivity index (χ1) is 9.00. The SMILES string of the molecule is Cc1c(C(=O)Nc2ccccc2)sc(N)c1C(N)=O. The van der Waals surface area contributed by atoms with Gasteiger partial charge in [-0.3, -0.25) is 9.59 Å². The molecule has 6 heteroatoms. The molecule has 2 rings (SSSR count). The van der Waals surface area contributed by atoms with Crippen LogP contribution < -0.4 is 16.8 Å². The van der Waals surface area contributed by atoms with E-state index in [0.29, 0.717) is 16.1 Å². The van der Waals surface area contributed by atoms with Gasteiger partial charge in [-0.25, -0.2) is 0 Å². The molecule has 0 aliphatic carbocycles. The molecule has 0 aliphatic heterocycles. The van der Waals surface area contributed by atoms with Crippen molar-refractivity contribution in [3.05, 3.63) is 46.3 Å². The molecule has 0 radical (unpaired) electrons. The van der Waals surface area contributed by atoms with Crippen molar-refractivity contribution >= 4 is 33.8 Å². The predicted octanol–water partition coefficient (Wildman–Crippen LogP) is 1.99. The summed E-state index contributed by atoms with van der Waals surface area (Å²) >= 11 is 1.06. The van der Waals surface area contributed by atoms with Crippen LogP contribution in [0.4, 0.5) is 10.7 Å². The molecular formula is C13H13N3O2S. The van der Waals surface area contributed by atoms with Gasteiger partial charge in [0.25, 0.3) is 11.8 Å². The third kappa shape index (κ3) is 2.58. The Morgan fingerprint density at radius 3 is 2.37 bits per heavy atom. The lowest BCUT2D eigenvalue weighted by Crippen LogP contribution is -2.15. The third-order valence-corrected chi connectivity index (χ3v) is 3.78. The minimum absolute atomic E-state index is 0.225. The zero-order valence-electron chi connectivity index (χ0n) is 10.3. The highest BCUT2D eigenvalue weighted by molar-refractivity contribution is 7.18. The number of hydrogen-bond acceptors (Lipinski definition) is 4. The van der Waals surface area contributed by atoms with Crippen LogP contribution in [0.3, 0.4) is 0 Å². The fraction of sp³-hybridized carbons (Fsp3) is 0.0769. The molecule has 0 bridgehead atoms. The summed E-state index contributed by atoms with van der Waals surface area (Å²) in [6.45, 7) is 1.66. The van der Waals surface area contributed by atoms with Crippen LogP contribution in [0.15, 0.2) is 30.3 Å². The summed E-state index contributed by atoms with van der Waals surface area (Å²) in [5.41, 5.74) is 12.4. The van der Waals surface area contributed by atoms with E-state index in [-0.39, 0.29) is 16.5 Å². The normalized spacial score (nSPS) is 10.2. The molecule has 19 heavy (non-hydrogen) atoms. The molecule has 5 nitrogen and oxygen atoms in total. The van der Waals surface area contributed by atoms with E-state index in [2.05, 4.69) is 5.32 Å². The van der Waals surface area contributed by atoms with Crippen LogP contribution in [0.25, 0.3) is 0 Å². The number of hydrogen-bond donors (Lipinski definition) is 3. The number of amides is 2. The number of para-hydroxylation sites is 1. The first kappa shape index (κ1) is 13.1. The fourth-order valence-electron chi connectivity index (χ4n) is 1.77. The van der Waals surface area contributed by atoms with Crippen LogP contribution in [-0.2, 0) is 0 Å². The van der Waals surface area contributed by atoms with Gasteiger partial charge in [0.1, 0.15) is 0 Å². The van der Waals surface area contributed by atoms with Crippen molar-refractivity contribution in [1.29, 1.82) is 0 Å². The van der Waals surface area contributed by atoms with E-state index in [0.717, 1.165) is 11.3 Å². The summed E-state index contributed by atoms with van der Waals surface area (Å²) in [5, 5.41) is 3.01. The number of nitrogens with one attached hydrogen (secondary N) is 1. The fourth-order valence-corrected chi connectivity index (χ4v) is 2.74. The molecule has 1 heterocycles. The molecular weight excluding hydrogens is 262 g/mol. The Hall–Kier alpha value is -2.34. The minimum atomic E-state index is -0.620. The first-order valence-electron chi connectivity index (χ1n) is 5.55. The number of benzene rings is 1. The Bertz CT molecular complexity index is 635. The van der Waals surface area contributed by atoms with Gasteiger partial charge in [-0.15, -0.1) is 11.3 Å². The van der Waals surface area contributed by atoms with Crippen LogP contribution in [0, 0.1) is 6.92 Å². The largest absolute Gasteiger partial charge is 0.390 e. The molecule has 1 aromatic carbocycles. The Balaban J connectivity index is 2.30. The highest BCUT2D eigenvalue weighted by Gasteiger charge is 2.21. The van der Waals surface area contributed by atoms with Gasteiger partial charge in [0.2, 0.25) is 0 Å². The number of anilines is 2.